The van der Waals surface area contributed by atoms with Crippen molar-refractivity contribution in [2.45, 2.75) is 25.4 Å². The molecule has 0 unspecified atom stereocenters. The van der Waals surface area contributed by atoms with Crippen LogP contribution >= 0.6 is 0 Å². The molecular formula is C16H18N4O2. The first-order valence-electron chi connectivity index (χ1n) is 7.35. The van der Waals surface area contributed by atoms with Gasteiger partial charge in [0.05, 0.1) is 6.54 Å². The van der Waals surface area contributed by atoms with Crippen molar-refractivity contribution in [3.8, 4) is 0 Å². The summed E-state index contributed by atoms with van der Waals surface area (Å²) < 4.78 is 1.96. The highest BCUT2D eigenvalue weighted by Crippen LogP contribution is 2.13. The van der Waals surface area contributed by atoms with E-state index in [0.29, 0.717) is 5.56 Å². The predicted octanol–water partition coefficient (Wildman–Crippen LogP) is 0.744. The fourth-order valence-electron chi connectivity index (χ4n) is 2.62. The normalized spacial score (nSPS) is 16.6. The summed E-state index contributed by atoms with van der Waals surface area (Å²) in [6.07, 6.45) is 3.41. The smallest absolute Gasteiger partial charge is 0.251 e. The van der Waals surface area contributed by atoms with E-state index in [2.05, 4.69) is 15.7 Å². The van der Waals surface area contributed by atoms with Crippen LogP contribution in [0.3, 0.4) is 0 Å². The lowest BCUT2D eigenvalue weighted by Gasteiger charge is -2.24. The minimum Gasteiger partial charge on any atom is -0.351 e. The van der Waals surface area contributed by atoms with Gasteiger partial charge >= 0.3 is 0 Å². The molecule has 2 heterocycles. The topological polar surface area (TPSA) is 76.0 Å². The third-order valence-electron chi connectivity index (χ3n) is 3.76. The molecule has 0 fully saturated rings. The Bertz CT molecular complexity index is 666. The molecule has 1 aromatic heterocycles. The molecular weight excluding hydrogens is 280 g/mol. The lowest BCUT2D eigenvalue weighted by molar-refractivity contribution is -0.120. The number of nitrogens with zero attached hydrogens (tertiary/aromatic N) is 2. The molecule has 1 aliphatic rings. The van der Waals surface area contributed by atoms with Crippen molar-refractivity contribution < 1.29 is 9.59 Å². The molecule has 0 saturated heterocycles. The van der Waals surface area contributed by atoms with Crippen molar-refractivity contribution in [3.63, 3.8) is 0 Å². The van der Waals surface area contributed by atoms with E-state index in [0.717, 1.165) is 25.1 Å². The van der Waals surface area contributed by atoms with Gasteiger partial charge in [0.15, 0.2) is 0 Å². The summed E-state index contributed by atoms with van der Waals surface area (Å²) in [7, 11) is 0. The van der Waals surface area contributed by atoms with Crippen LogP contribution in [0.25, 0.3) is 0 Å². The predicted molar refractivity (Wildman–Crippen MR) is 81.3 cm³/mol. The Hall–Kier alpha value is -2.63. The van der Waals surface area contributed by atoms with E-state index in [4.69, 9.17) is 0 Å². The Kier molecular flexibility index (Phi) is 4.18. The van der Waals surface area contributed by atoms with Crippen molar-refractivity contribution in [3.05, 3.63) is 53.9 Å². The molecule has 2 amide bonds. The zero-order chi connectivity index (χ0) is 15.4. The molecule has 2 N–H and O–H groups in total. The van der Waals surface area contributed by atoms with E-state index in [-0.39, 0.29) is 24.4 Å². The molecule has 0 saturated carbocycles. The first-order valence-corrected chi connectivity index (χ1v) is 7.35. The van der Waals surface area contributed by atoms with Crippen LogP contribution in [0.5, 0.6) is 0 Å². The average molecular weight is 298 g/mol. The Balaban J connectivity index is 1.46. The van der Waals surface area contributed by atoms with Crippen molar-refractivity contribution in [1.29, 1.82) is 0 Å². The zero-order valence-electron chi connectivity index (χ0n) is 12.2. The highest BCUT2D eigenvalue weighted by molar-refractivity contribution is 5.96. The molecule has 6 heteroatoms. The number of benzene rings is 1. The monoisotopic (exact) mass is 298 g/mol. The van der Waals surface area contributed by atoms with Gasteiger partial charge < -0.3 is 10.6 Å². The van der Waals surface area contributed by atoms with Gasteiger partial charge in [0.1, 0.15) is 0 Å². The van der Waals surface area contributed by atoms with Crippen LogP contribution in [-0.2, 0) is 17.8 Å². The lowest BCUT2D eigenvalue weighted by Crippen LogP contribution is -2.44. The molecule has 0 spiro atoms. The van der Waals surface area contributed by atoms with Crippen molar-refractivity contribution >= 4 is 11.8 Å². The first-order chi connectivity index (χ1) is 10.7. The first kappa shape index (κ1) is 14.3. The van der Waals surface area contributed by atoms with Crippen molar-refractivity contribution in [1.82, 2.24) is 20.4 Å². The highest BCUT2D eigenvalue weighted by Gasteiger charge is 2.20. The zero-order valence-corrected chi connectivity index (χ0v) is 12.2. The number of hydrogen-bond donors (Lipinski definition) is 2. The number of fused-ring (bicyclic) bond motifs is 1. The van der Waals surface area contributed by atoms with E-state index in [1.165, 1.54) is 0 Å². The average Bonchev–Trinajstić information content (AvgIpc) is 3.01. The van der Waals surface area contributed by atoms with Gasteiger partial charge in [-0.3, -0.25) is 14.3 Å². The molecule has 6 nitrogen and oxygen atoms in total. The minimum atomic E-state index is -0.238. The molecule has 1 aromatic carbocycles. The molecule has 1 aliphatic heterocycles. The molecule has 0 bridgehead atoms. The van der Waals surface area contributed by atoms with Crippen LogP contribution in [0.2, 0.25) is 0 Å². The summed E-state index contributed by atoms with van der Waals surface area (Å²) in [5.74, 6) is -0.403. The maximum atomic E-state index is 11.9. The third-order valence-corrected chi connectivity index (χ3v) is 3.76. The number of carbonyl (C=O) groups is 2. The van der Waals surface area contributed by atoms with Crippen molar-refractivity contribution in [2.24, 2.45) is 0 Å². The molecule has 2 aromatic rings. The summed E-state index contributed by atoms with van der Waals surface area (Å²) in [5, 5.41) is 9.81. The quantitative estimate of drug-likeness (QED) is 0.874. The summed E-state index contributed by atoms with van der Waals surface area (Å²) in [4.78, 5) is 23.8. The molecule has 3 rings (SSSR count). The van der Waals surface area contributed by atoms with E-state index < -0.39 is 0 Å². The van der Waals surface area contributed by atoms with Crippen LogP contribution in [0.4, 0.5) is 0 Å². The molecule has 0 radical (unpaired) electrons. The van der Waals surface area contributed by atoms with Gasteiger partial charge in [0, 0.05) is 36.5 Å². The number of amides is 2. The van der Waals surface area contributed by atoms with Crippen LogP contribution < -0.4 is 10.6 Å². The van der Waals surface area contributed by atoms with Crippen LogP contribution in [0.15, 0.2) is 42.6 Å². The Morgan fingerprint density at radius 3 is 2.86 bits per heavy atom. The maximum absolute atomic E-state index is 11.9. The Morgan fingerprint density at radius 1 is 1.23 bits per heavy atom. The van der Waals surface area contributed by atoms with Gasteiger partial charge in [-0.15, -0.1) is 0 Å². The summed E-state index contributed by atoms with van der Waals surface area (Å²) in [6, 6.07) is 10.9. The number of nitrogens with one attached hydrogen (secondary N) is 2. The van der Waals surface area contributed by atoms with Gasteiger partial charge in [-0.25, -0.2) is 0 Å². The largest absolute Gasteiger partial charge is 0.351 e. The second-order valence-corrected chi connectivity index (χ2v) is 5.35. The molecule has 114 valence electrons. The molecule has 0 aliphatic carbocycles. The second-order valence-electron chi connectivity index (χ2n) is 5.35. The van der Waals surface area contributed by atoms with Gasteiger partial charge in [0.2, 0.25) is 5.91 Å². The summed E-state index contributed by atoms with van der Waals surface area (Å²) in [6.45, 7) is 0.799. The summed E-state index contributed by atoms with van der Waals surface area (Å²) in [5.41, 5.74) is 1.68. The number of rotatable bonds is 4. The fourth-order valence-corrected chi connectivity index (χ4v) is 2.62. The van der Waals surface area contributed by atoms with Gasteiger partial charge in [-0.05, 0) is 24.6 Å². The SMILES string of the molecule is O=C(CNC(=O)c1ccccc1)N[C@@H]1CCn2nccc2C1. The summed E-state index contributed by atoms with van der Waals surface area (Å²) >= 11 is 0. The standard InChI is InChI=1S/C16H18N4O2/c21-15(11-17-16(22)12-4-2-1-3-5-12)19-13-7-9-20-14(10-13)6-8-18-20/h1-6,8,13H,7,9-11H2,(H,17,22)(H,19,21)/t13-/m1/s1. The van der Waals surface area contributed by atoms with Crippen LogP contribution in [-0.4, -0.2) is 34.2 Å². The van der Waals surface area contributed by atoms with Gasteiger partial charge in [-0.2, -0.15) is 5.10 Å². The Labute approximate surface area is 128 Å². The lowest BCUT2D eigenvalue weighted by atomic mass is 10.0. The van der Waals surface area contributed by atoms with E-state index in [9.17, 15) is 9.59 Å². The third kappa shape index (κ3) is 3.33. The Morgan fingerprint density at radius 2 is 2.05 bits per heavy atom. The number of aryl methyl sites for hydroxylation is 1. The minimum absolute atomic E-state index is 0.0104. The van der Waals surface area contributed by atoms with Gasteiger partial charge in [-0.1, -0.05) is 18.2 Å². The number of hydrogen-bond acceptors (Lipinski definition) is 3. The fraction of sp³-hybridized carbons (Fsp3) is 0.312. The van der Waals surface area contributed by atoms with Gasteiger partial charge in [0.25, 0.3) is 5.91 Å². The van der Waals surface area contributed by atoms with E-state index in [1.807, 2.05) is 16.8 Å². The number of carbonyl (C=O) groups excluding carboxylic acids is 2. The second kappa shape index (κ2) is 6.43. The van der Waals surface area contributed by atoms with Crippen molar-refractivity contribution in [2.75, 3.05) is 6.54 Å². The highest BCUT2D eigenvalue weighted by atomic mass is 16.2. The molecule has 22 heavy (non-hydrogen) atoms. The maximum Gasteiger partial charge on any atom is 0.251 e. The van der Waals surface area contributed by atoms with E-state index >= 15 is 0 Å². The van der Waals surface area contributed by atoms with E-state index in [1.54, 1.807) is 30.5 Å². The van der Waals surface area contributed by atoms with Crippen LogP contribution in [0.1, 0.15) is 22.5 Å². The van der Waals surface area contributed by atoms with Crippen LogP contribution in [0, 0.1) is 0 Å². The number of aromatic nitrogens is 2. The molecule has 1 atom stereocenters.